The quantitative estimate of drug-likeness (QED) is 0.684. The van der Waals surface area contributed by atoms with Gasteiger partial charge in [-0.25, -0.2) is 0 Å². The number of amides is 2. The fourth-order valence-electron chi connectivity index (χ4n) is 2.89. The number of fused-ring (bicyclic) bond motifs is 1. The first-order valence-electron chi connectivity index (χ1n) is 6.77. The first-order chi connectivity index (χ1) is 8.50. The third-order valence-electron chi connectivity index (χ3n) is 3.84. The van der Waals surface area contributed by atoms with E-state index >= 15 is 0 Å². The molecule has 0 aromatic rings. The van der Waals surface area contributed by atoms with Crippen LogP contribution in [0.1, 0.15) is 33.1 Å². The highest BCUT2D eigenvalue weighted by atomic mass is 16.3. The molecule has 2 fully saturated rings. The van der Waals surface area contributed by atoms with Crippen molar-refractivity contribution < 1.29 is 14.7 Å². The number of nitrogens with one attached hydrogen (secondary N) is 1. The molecule has 2 N–H and O–H groups in total. The van der Waals surface area contributed by atoms with Crippen molar-refractivity contribution in [2.45, 2.75) is 45.3 Å². The Morgan fingerprint density at radius 3 is 2.33 bits per heavy atom. The van der Waals surface area contributed by atoms with Crippen molar-refractivity contribution in [2.75, 3.05) is 13.1 Å². The fraction of sp³-hybridized carbons (Fsp3) is 0.846. The molecule has 0 radical (unpaired) electrons. The summed E-state index contributed by atoms with van der Waals surface area (Å²) in [4.78, 5) is 25.4. The largest absolute Gasteiger partial charge is 0.390 e. The minimum atomic E-state index is -0.681. The lowest BCUT2D eigenvalue weighted by molar-refractivity contribution is -0.141. The van der Waals surface area contributed by atoms with Gasteiger partial charge < -0.3 is 10.4 Å². The van der Waals surface area contributed by atoms with Gasteiger partial charge in [0.05, 0.1) is 24.5 Å². The Kier molecular flexibility index (Phi) is 4.02. The van der Waals surface area contributed by atoms with E-state index in [-0.39, 0.29) is 36.2 Å². The summed E-state index contributed by atoms with van der Waals surface area (Å²) in [6, 6.07) is 0.281. The molecule has 0 spiro atoms. The van der Waals surface area contributed by atoms with Crippen molar-refractivity contribution >= 4 is 11.8 Å². The summed E-state index contributed by atoms with van der Waals surface area (Å²) in [7, 11) is 0. The third-order valence-corrected chi connectivity index (χ3v) is 3.84. The molecular weight excluding hydrogens is 232 g/mol. The van der Waals surface area contributed by atoms with Crippen LogP contribution in [0.4, 0.5) is 0 Å². The van der Waals surface area contributed by atoms with Gasteiger partial charge in [-0.05, 0) is 12.8 Å². The zero-order chi connectivity index (χ0) is 13.3. The summed E-state index contributed by atoms with van der Waals surface area (Å²) in [6.07, 6.45) is 1.94. The number of hydrogen-bond acceptors (Lipinski definition) is 4. The molecule has 0 aromatic heterocycles. The van der Waals surface area contributed by atoms with E-state index in [1.807, 2.05) is 13.8 Å². The predicted molar refractivity (Wildman–Crippen MR) is 66.7 cm³/mol. The molecule has 5 heteroatoms. The van der Waals surface area contributed by atoms with E-state index in [2.05, 4.69) is 5.32 Å². The number of hydrogen-bond donors (Lipinski definition) is 2. The summed E-state index contributed by atoms with van der Waals surface area (Å²) in [5.74, 6) is -0.372. The highest BCUT2D eigenvalue weighted by Gasteiger charge is 2.49. The molecule has 1 aliphatic carbocycles. The van der Waals surface area contributed by atoms with Crippen LogP contribution in [0.5, 0.6) is 0 Å². The lowest BCUT2D eigenvalue weighted by Crippen LogP contribution is -2.43. The van der Waals surface area contributed by atoms with Gasteiger partial charge in [0.25, 0.3) is 0 Å². The van der Waals surface area contributed by atoms with Gasteiger partial charge in [-0.3, -0.25) is 14.5 Å². The second kappa shape index (κ2) is 5.36. The van der Waals surface area contributed by atoms with E-state index < -0.39 is 6.10 Å². The smallest absolute Gasteiger partial charge is 0.233 e. The molecule has 2 aliphatic rings. The summed E-state index contributed by atoms with van der Waals surface area (Å²) in [5.41, 5.74) is 0. The zero-order valence-electron chi connectivity index (χ0n) is 11.1. The van der Waals surface area contributed by atoms with Gasteiger partial charge in [-0.2, -0.15) is 0 Å². The monoisotopic (exact) mass is 254 g/mol. The van der Waals surface area contributed by atoms with Crippen molar-refractivity contribution in [3.63, 3.8) is 0 Å². The molecule has 1 heterocycles. The van der Waals surface area contributed by atoms with Crippen molar-refractivity contribution in [1.82, 2.24) is 10.2 Å². The van der Waals surface area contributed by atoms with E-state index in [0.717, 1.165) is 19.3 Å². The molecule has 1 saturated heterocycles. The van der Waals surface area contributed by atoms with E-state index in [4.69, 9.17) is 0 Å². The Bertz CT molecular complexity index is 321. The van der Waals surface area contributed by atoms with Crippen LogP contribution in [0.3, 0.4) is 0 Å². The first-order valence-corrected chi connectivity index (χ1v) is 6.77. The number of likely N-dealkylation sites (tertiary alicyclic amines) is 1. The molecule has 2 rings (SSSR count). The minimum absolute atomic E-state index is 0.0777. The first kappa shape index (κ1) is 13.5. The van der Waals surface area contributed by atoms with Crippen LogP contribution in [0.2, 0.25) is 0 Å². The maximum Gasteiger partial charge on any atom is 0.233 e. The van der Waals surface area contributed by atoms with Gasteiger partial charge in [0, 0.05) is 12.6 Å². The molecule has 0 bridgehead atoms. The second-order valence-electron chi connectivity index (χ2n) is 5.65. The minimum Gasteiger partial charge on any atom is -0.390 e. The lowest BCUT2D eigenvalue weighted by Gasteiger charge is -2.21. The van der Waals surface area contributed by atoms with Gasteiger partial charge >= 0.3 is 0 Å². The number of imide groups is 1. The Morgan fingerprint density at radius 1 is 1.28 bits per heavy atom. The Morgan fingerprint density at radius 2 is 1.83 bits per heavy atom. The number of rotatable bonds is 5. The number of β-amino-alcohol motifs (C(OH)–C–C–N with tert-alkyl or cyclic N) is 1. The summed E-state index contributed by atoms with van der Waals surface area (Å²) < 4.78 is 0. The average molecular weight is 254 g/mol. The van der Waals surface area contributed by atoms with Crippen LogP contribution in [-0.2, 0) is 9.59 Å². The summed E-state index contributed by atoms with van der Waals surface area (Å²) >= 11 is 0. The topological polar surface area (TPSA) is 69.6 Å². The Labute approximate surface area is 108 Å². The van der Waals surface area contributed by atoms with Gasteiger partial charge in [-0.1, -0.05) is 20.3 Å². The van der Waals surface area contributed by atoms with Crippen LogP contribution in [0.15, 0.2) is 0 Å². The van der Waals surface area contributed by atoms with Gasteiger partial charge in [0.2, 0.25) is 11.8 Å². The van der Waals surface area contributed by atoms with Crippen LogP contribution in [0.25, 0.3) is 0 Å². The number of carbonyl (C=O) groups excluding carboxylic acids is 2. The van der Waals surface area contributed by atoms with E-state index in [9.17, 15) is 14.7 Å². The van der Waals surface area contributed by atoms with Crippen LogP contribution in [0, 0.1) is 11.8 Å². The van der Waals surface area contributed by atoms with Crippen molar-refractivity contribution in [1.29, 1.82) is 0 Å². The molecule has 3 unspecified atom stereocenters. The van der Waals surface area contributed by atoms with Crippen LogP contribution < -0.4 is 5.32 Å². The van der Waals surface area contributed by atoms with Crippen molar-refractivity contribution in [2.24, 2.45) is 11.8 Å². The predicted octanol–water partition coefficient (Wildman–Crippen LogP) is 0.130. The molecule has 102 valence electrons. The summed E-state index contributed by atoms with van der Waals surface area (Å²) in [5, 5.41) is 12.9. The lowest BCUT2D eigenvalue weighted by atomic mass is 10.00. The molecule has 2 amide bonds. The number of aliphatic hydroxyl groups is 1. The maximum absolute atomic E-state index is 12.0. The number of nitrogens with zero attached hydrogens (tertiary/aromatic N) is 1. The molecule has 18 heavy (non-hydrogen) atoms. The molecule has 0 aromatic carbocycles. The van der Waals surface area contributed by atoms with Gasteiger partial charge in [0.1, 0.15) is 0 Å². The van der Waals surface area contributed by atoms with Gasteiger partial charge in [0.15, 0.2) is 0 Å². The number of carbonyl (C=O) groups is 2. The number of aliphatic hydroxyl groups excluding tert-OH is 1. The Balaban J connectivity index is 1.90. The average Bonchev–Trinajstić information content (AvgIpc) is 2.87. The Hall–Kier alpha value is -0.940. The summed E-state index contributed by atoms with van der Waals surface area (Å²) in [6.45, 7) is 4.51. The third kappa shape index (κ3) is 2.57. The van der Waals surface area contributed by atoms with Crippen molar-refractivity contribution in [3.8, 4) is 0 Å². The zero-order valence-corrected chi connectivity index (χ0v) is 11.1. The highest BCUT2D eigenvalue weighted by molar-refractivity contribution is 6.05. The van der Waals surface area contributed by atoms with Crippen LogP contribution >= 0.6 is 0 Å². The normalized spacial score (nSPS) is 29.2. The van der Waals surface area contributed by atoms with E-state index in [1.165, 1.54) is 4.90 Å². The SMILES string of the molecule is CC(C)NCC(O)CN1C(=O)C2CCCC2C1=O. The van der Waals surface area contributed by atoms with E-state index in [0.29, 0.717) is 6.54 Å². The van der Waals surface area contributed by atoms with Gasteiger partial charge in [-0.15, -0.1) is 0 Å². The molecular formula is C13H22N2O3. The van der Waals surface area contributed by atoms with E-state index in [1.54, 1.807) is 0 Å². The molecule has 1 saturated carbocycles. The fourth-order valence-corrected chi connectivity index (χ4v) is 2.89. The molecule has 5 nitrogen and oxygen atoms in total. The maximum atomic E-state index is 12.0. The highest BCUT2D eigenvalue weighted by Crippen LogP contribution is 2.39. The van der Waals surface area contributed by atoms with Crippen LogP contribution in [-0.4, -0.2) is 47.1 Å². The standard InChI is InChI=1S/C13H22N2O3/c1-8(2)14-6-9(16)7-15-12(17)10-4-3-5-11(10)13(15)18/h8-11,14,16H,3-7H2,1-2H3. The molecule has 3 atom stereocenters. The molecule has 1 aliphatic heterocycles. The second-order valence-corrected chi connectivity index (χ2v) is 5.65. The van der Waals surface area contributed by atoms with Crippen molar-refractivity contribution in [3.05, 3.63) is 0 Å².